The minimum absolute atomic E-state index is 0.122. The van der Waals surface area contributed by atoms with Crippen molar-refractivity contribution in [3.05, 3.63) is 97.5 Å². The fourth-order valence-electron chi connectivity index (χ4n) is 2.99. The standard InChI is InChI=1S/C23H12BrCl3N2O4/c24-13-3-8-16(9-4-13)33-23(32)12-1-6-15(7-2-12)28-20-19(27)21(30)29(22(20)31)18-11-14(25)5-10-17(18)26/h1-11,28H. The summed E-state index contributed by atoms with van der Waals surface area (Å²) in [7, 11) is 0. The first-order chi connectivity index (χ1) is 15.7. The van der Waals surface area contributed by atoms with Crippen LogP contribution >= 0.6 is 50.7 Å². The summed E-state index contributed by atoms with van der Waals surface area (Å²) in [5, 5.41) is 3.00. The van der Waals surface area contributed by atoms with Crippen LogP contribution in [-0.4, -0.2) is 17.8 Å². The number of imide groups is 1. The minimum Gasteiger partial charge on any atom is -0.423 e. The second-order valence-electron chi connectivity index (χ2n) is 6.78. The molecule has 0 aliphatic carbocycles. The molecule has 1 heterocycles. The van der Waals surface area contributed by atoms with Crippen LogP contribution in [0.25, 0.3) is 0 Å². The van der Waals surface area contributed by atoms with Gasteiger partial charge in [-0.3, -0.25) is 9.59 Å². The third-order valence-electron chi connectivity index (χ3n) is 4.59. The van der Waals surface area contributed by atoms with Crippen molar-refractivity contribution in [1.29, 1.82) is 0 Å². The molecule has 33 heavy (non-hydrogen) atoms. The molecule has 1 N–H and O–H groups in total. The molecule has 2 amide bonds. The molecule has 6 nitrogen and oxygen atoms in total. The van der Waals surface area contributed by atoms with Crippen LogP contribution in [0.4, 0.5) is 11.4 Å². The zero-order valence-electron chi connectivity index (χ0n) is 16.4. The Labute approximate surface area is 211 Å². The number of carbonyl (C=O) groups excluding carboxylic acids is 3. The second-order valence-corrected chi connectivity index (χ2v) is 8.91. The number of nitrogens with zero attached hydrogens (tertiary/aromatic N) is 1. The molecule has 0 bridgehead atoms. The molecule has 0 spiro atoms. The van der Waals surface area contributed by atoms with Gasteiger partial charge in [0.1, 0.15) is 16.5 Å². The molecule has 0 unspecified atom stereocenters. The molecule has 0 atom stereocenters. The van der Waals surface area contributed by atoms with Crippen molar-refractivity contribution >= 4 is 79.9 Å². The van der Waals surface area contributed by atoms with Crippen molar-refractivity contribution in [3.8, 4) is 5.75 Å². The van der Waals surface area contributed by atoms with Gasteiger partial charge in [0.2, 0.25) is 0 Å². The van der Waals surface area contributed by atoms with E-state index in [1.807, 2.05) is 0 Å². The molecule has 4 rings (SSSR count). The van der Waals surface area contributed by atoms with Gasteiger partial charge in [-0.05, 0) is 66.7 Å². The van der Waals surface area contributed by atoms with Crippen LogP contribution in [0.1, 0.15) is 10.4 Å². The number of amides is 2. The summed E-state index contributed by atoms with van der Waals surface area (Å²) in [5.74, 6) is -1.57. The van der Waals surface area contributed by atoms with Gasteiger partial charge < -0.3 is 10.1 Å². The fourth-order valence-corrected chi connectivity index (χ4v) is 3.84. The Kier molecular flexibility index (Phi) is 6.76. The molecule has 0 fully saturated rings. The quantitative estimate of drug-likeness (QED) is 0.219. The maximum absolute atomic E-state index is 12.9. The summed E-state index contributed by atoms with van der Waals surface area (Å²) in [5.41, 5.74) is 0.733. The SMILES string of the molecule is O=C(Oc1ccc(Br)cc1)c1ccc(NC2=C(Cl)C(=O)N(c3cc(Cl)ccc3Cl)C2=O)cc1. The highest BCUT2D eigenvalue weighted by Gasteiger charge is 2.40. The van der Waals surface area contributed by atoms with Gasteiger partial charge in [0, 0.05) is 15.2 Å². The number of benzene rings is 3. The Morgan fingerprint density at radius 2 is 1.55 bits per heavy atom. The smallest absolute Gasteiger partial charge is 0.343 e. The van der Waals surface area contributed by atoms with Crippen molar-refractivity contribution in [3.63, 3.8) is 0 Å². The lowest BCUT2D eigenvalue weighted by molar-refractivity contribution is -0.120. The van der Waals surface area contributed by atoms with E-state index < -0.39 is 17.8 Å². The third kappa shape index (κ3) is 4.91. The lowest BCUT2D eigenvalue weighted by Gasteiger charge is -2.17. The highest BCUT2D eigenvalue weighted by Crippen LogP contribution is 2.35. The van der Waals surface area contributed by atoms with Crippen LogP contribution in [0.3, 0.4) is 0 Å². The largest absolute Gasteiger partial charge is 0.423 e. The third-order valence-corrected chi connectivity index (χ3v) is 6.02. The molecule has 1 aliphatic rings. The maximum Gasteiger partial charge on any atom is 0.343 e. The van der Waals surface area contributed by atoms with Gasteiger partial charge in [-0.15, -0.1) is 0 Å². The van der Waals surface area contributed by atoms with Crippen LogP contribution in [0.15, 0.2) is 81.9 Å². The van der Waals surface area contributed by atoms with Gasteiger partial charge in [0.15, 0.2) is 0 Å². The van der Waals surface area contributed by atoms with Crippen LogP contribution in [-0.2, 0) is 9.59 Å². The predicted octanol–water partition coefficient (Wildman–Crippen LogP) is 6.41. The zero-order chi connectivity index (χ0) is 23.7. The highest BCUT2D eigenvalue weighted by molar-refractivity contribution is 9.10. The van der Waals surface area contributed by atoms with Crippen LogP contribution in [0.2, 0.25) is 10.0 Å². The Bertz CT molecular complexity index is 1310. The first-order valence-electron chi connectivity index (χ1n) is 9.33. The van der Waals surface area contributed by atoms with Gasteiger partial charge in [-0.1, -0.05) is 50.7 Å². The summed E-state index contributed by atoms with van der Waals surface area (Å²) in [6, 6.07) is 17.4. The molecule has 0 saturated carbocycles. The predicted molar refractivity (Wildman–Crippen MR) is 131 cm³/mol. The van der Waals surface area contributed by atoms with Gasteiger partial charge >= 0.3 is 5.97 Å². The van der Waals surface area contributed by atoms with E-state index in [0.29, 0.717) is 22.0 Å². The number of hydrogen-bond acceptors (Lipinski definition) is 5. The molecule has 166 valence electrons. The zero-order valence-corrected chi connectivity index (χ0v) is 20.3. The second kappa shape index (κ2) is 9.57. The van der Waals surface area contributed by atoms with Crippen LogP contribution in [0.5, 0.6) is 5.75 Å². The molecular weight excluding hydrogens is 555 g/mol. The van der Waals surface area contributed by atoms with E-state index in [1.54, 1.807) is 36.4 Å². The molecule has 0 radical (unpaired) electrons. The number of halogens is 4. The van der Waals surface area contributed by atoms with Crippen LogP contribution in [0, 0.1) is 0 Å². The van der Waals surface area contributed by atoms with Gasteiger partial charge in [0.05, 0.1) is 16.3 Å². The molecule has 1 aliphatic heterocycles. The Morgan fingerprint density at radius 1 is 0.879 bits per heavy atom. The summed E-state index contributed by atoms with van der Waals surface area (Å²) in [4.78, 5) is 38.7. The van der Waals surface area contributed by atoms with E-state index in [0.717, 1.165) is 9.37 Å². The lowest BCUT2D eigenvalue weighted by Crippen LogP contribution is -2.32. The first kappa shape index (κ1) is 23.3. The van der Waals surface area contributed by atoms with Gasteiger partial charge in [0.25, 0.3) is 11.8 Å². The summed E-state index contributed by atoms with van der Waals surface area (Å²) in [6.07, 6.45) is 0. The summed E-state index contributed by atoms with van der Waals surface area (Å²) in [6.45, 7) is 0. The van der Waals surface area contributed by atoms with Gasteiger partial charge in [-0.2, -0.15) is 0 Å². The van der Waals surface area contributed by atoms with Crippen molar-refractivity contribution in [2.75, 3.05) is 10.2 Å². The number of carbonyl (C=O) groups is 3. The average Bonchev–Trinajstić information content (AvgIpc) is 3.00. The molecular formula is C23H12BrCl3N2O4. The molecule has 10 heteroatoms. The number of hydrogen-bond donors (Lipinski definition) is 1. The first-order valence-corrected chi connectivity index (χ1v) is 11.3. The summed E-state index contributed by atoms with van der Waals surface area (Å²) >= 11 is 21.6. The summed E-state index contributed by atoms with van der Waals surface area (Å²) < 4.78 is 6.18. The van der Waals surface area contributed by atoms with Crippen molar-refractivity contribution < 1.29 is 19.1 Å². The van der Waals surface area contributed by atoms with Crippen molar-refractivity contribution in [1.82, 2.24) is 0 Å². The van der Waals surface area contributed by atoms with Crippen molar-refractivity contribution in [2.24, 2.45) is 0 Å². The Morgan fingerprint density at radius 3 is 2.21 bits per heavy atom. The van der Waals surface area contributed by atoms with E-state index in [2.05, 4.69) is 21.2 Å². The van der Waals surface area contributed by atoms with E-state index in [9.17, 15) is 14.4 Å². The topological polar surface area (TPSA) is 75.7 Å². The minimum atomic E-state index is -0.733. The van der Waals surface area contributed by atoms with E-state index in [-0.39, 0.29) is 21.4 Å². The molecule has 3 aromatic carbocycles. The highest BCUT2D eigenvalue weighted by atomic mass is 79.9. The maximum atomic E-state index is 12.9. The van der Waals surface area contributed by atoms with E-state index in [1.165, 1.54) is 30.3 Å². The Balaban J connectivity index is 1.50. The van der Waals surface area contributed by atoms with Gasteiger partial charge in [-0.25, -0.2) is 9.69 Å². The monoisotopic (exact) mass is 564 g/mol. The Hall–Kier alpha value is -2.84. The van der Waals surface area contributed by atoms with E-state index >= 15 is 0 Å². The normalized spacial score (nSPS) is 13.5. The van der Waals surface area contributed by atoms with Crippen LogP contribution < -0.4 is 15.0 Å². The average molecular weight is 567 g/mol. The number of rotatable bonds is 5. The fraction of sp³-hybridized carbons (Fsp3) is 0. The number of esters is 1. The number of nitrogens with one attached hydrogen (secondary N) is 1. The molecule has 0 aromatic heterocycles. The van der Waals surface area contributed by atoms with Crippen molar-refractivity contribution in [2.45, 2.75) is 0 Å². The molecule has 0 saturated heterocycles. The molecule has 3 aromatic rings. The lowest BCUT2D eigenvalue weighted by atomic mass is 10.2. The number of ether oxygens (including phenoxy) is 1. The van der Waals surface area contributed by atoms with E-state index in [4.69, 9.17) is 39.5 Å². The number of anilines is 2.